The Labute approximate surface area is 118 Å². The maximum atomic E-state index is 11.8. The van der Waals surface area contributed by atoms with Crippen LogP contribution in [-0.4, -0.2) is 24.0 Å². The fraction of sp³-hybridized carbons (Fsp3) is 0.200. The van der Waals surface area contributed by atoms with Crippen molar-refractivity contribution in [3.63, 3.8) is 0 Å². The van der Waals surface area contributed by atoms with Gasteiger partial charge in [0.15, 0.2) is 0 Å². The van der Waals surface area contributed by atoms with Gasteiger partial charge in [0.2, 0.25) is 0 Å². The van der Waals surface area contributed by atoms with Gasteiger partial charge in [0.1, 0.15) is 5.82 Å². The summed E-state index contributed by atoms with van der Waals surface area (Å²) in [5, 5.41) is 6.04. The lowest BCUT2D eigenvalue weighted by Crippen LogP contribution is -2.25. The molecule has 0 fully saturated rings. The van der Waals surface area contributed by atoms with Gasteiger partial charge < -0.3 is 16.4 Å². The predicted molar refractivity (Wildman–Crippen MR) is 80.5 cm³/mol. The molecule has 20 heavy (non-hydrogen) atoms. The number of benzene rings is 1. The van der Waals surface area contributed by atoms with Crippen molar-refractivity contribution in [2.75, 3.05) is 24.1 Å². The Balaban J connectivity index is 1.64. The fourth-order valence-corrected chi connectivity index (χ4v) is 1.71. The zero-order chi connectivity index (χ0) is 14.2. The number of pyridine rings is 1. The van der Waals surface area contributed by atoms with Crippen molar-refractivity contribution in [3.05, 3.63) is 54.2 Å². The second-order valence-corrected chi connectivity index (χ2v) is 4.38. The zero-order valence-electron chi connectivity index (χ0n) is 11.2. The Morgan fingerprint density at radius 1 is 1.10 bits per heavy atom. The van der Waals surface area contributed by atoms with Crippen LogP contribution in [0.5, 0.6) is 0 Å². The summed E-state index contributed by atoms with van der Waals surface area (Å²) >= 11 is 0. The van der Waals surface area contributed by atoms with Crippen LogP contribution in [0.2, 0.25) is 0 Å². The monoisotopic (exact) mass is 270 g/mol. The van der Waals surface area contributed by atoms with Crippen LogP contribution in [0.25, 0.3) is 0 Å². The summed E-state index contributed by atoms with van der Waals surface area (Å²) < 4.78 is 0. The van der Waals surface area contributed by atoms with E-state index in [2.05, 4.69) is 15.6 Å². The van der Waals surface area contributed by atoms with Crippen molar-refractivity contribution in [3.8, 4) is 0 Å². The summed E-state index contributed by atoms with van der Waals surface area (Å²) in [6.07, 6.45) is 2.43. The molecule has 2 rings (SSSR count). The Hall–Kier alpha value is -2.56. The topological polar surface area (TPSA) is 80.0 Å². The molecule has 0 unspecified atom stereocenters. The standard InChI is InChI=1S/C15H18N4O/c16-13-7-8-14(19-11-13)17-9-4-10-18-15(20)12-5-2-1-3-6-12/h1-3,5-8,11H,4,9-10,16H2,(H,17,19)(H,18,20). The van der Waals surface area contributed by atoms with Crippen LogP contribution in [0.4, 0.5) is 11.5 Å². The van der Waals surface area contributed by atoms with Crippen LogP contribution in [0.3, 0.4) is 0 Å². The lowest BCUT2D eigenvalue weighted by molar-refractivity contribution is 0.0953. The van der Waals surface area contributed by atoms with Crippen molar-refractivity contribution in [2.45, 2.75) is 6.42 Å². The Morgan fingerprint density at radius 2 is 1.90 bits per heavy atom. The average Bonchev–Trinajstić information content (AvgIpc) is 2.49. The third-order valence-electron chi connectivity index (χ3n) is 2.77. The summed E-state index contributed by atoms with van der Waals surface area (Å²) in [6, 6.07) is 12.8. The SMILES string of the molecule is Nc1ccc(NCCCNC(=O)c2ccccc2)nc1. The Bertz CT molecular complexity index is 540. The smallest absolute Gasteiger partial charge is 0.251 e. The van der Waals surface area contributed by atoms with Crippen LogP contribution in [0, 0.1) is 0 Å². The van der Waals surface area contributed by atoms with Crippen LogP contribution in [0.15, 0.2) is 48.7 Å². The van der Waals surface area contributed by atoms with Crippen molar-refractivity contribution in [1.82, 2.24) is 10.3 Å². The summed E-state index contributed by atoms with van der Waals surface area (Å²) in [6.45, 7) is 1.36. The van der Waals surface area contributed by atoms with E-state index < -0.39 is 0 Å². The van der Waals surface area contributed by atoms with Gasteiger partial charge in [-0.05, 0) is 30.7 Å². The number of nitrogens with two attached hydrogens (primary N) is 1. The predicted octanol–water partition coefficient (Wildman–Crippen LogP) is 1.90. The lowest BCUT2D eigenvalue weighted by Gasteiger charge is -2.07. The second kappa shape index (κ2) is 7.13. The Kier molecular flexibility index (Phi) is 4.94. The molecule has 0 aliphatic heterocycles. The highest BCUT2D eigenvalue weighted by atomic mass is 16.1. The highest BCUT2D eigenvalue weighted by Crippen LogP contribution is 2.05. The van der Waals surface area contributed by atoms with Crippen LogP contribution in [0.1, 0.15) is 16.8 Å². The molecule has 1 amide bonds. The highest BCUT2D eigenvalue weighted by Gasteiger charge is 2.02. The molecular weight excluding hydrogens is 252 g/mol. The number of hydrogen-bond donors (Lipinski definition) is 3. The molecule has 1 aromatic heterocycles. The number of amides is 1. The maximum absolute atomic E-state index is 11.8. The highest BCUT2D eigenvalue weighted by molar-refractivity contribution is 5.94. The first-order valence-electron chi connectivity index (χ1n) is 6.54. The van der Waals surface area contributed by atoms with Gasteiger partial charge in [-0.2, -0.15) is 0 Å². The van der Waals surface area contributed by atoms with Crippen molar-refractivity contribution in [1.29, 1.82) is 0 Å². The molecule has 4 N–H and O–H groups in total. The number of rotatable bonds is 6. The molecule has 0 saturated carbocycles. The van der Waals surface area contributed by atoms with E-state index in [1.807, 2.05) is 24.3 Å². The molecule has 0 bridgehead atoms. The number of carbonyl (C=O) groups is 1. The number of nitrogens with one attached hydrogen (secondary N) is 2. The second-order valence-electron chi connectivity index (χ2n) is 4.38. The van der Waals surface area contributed by atoms with Gasteiger partial charge in [0.25, 0.3) is 5.91 Å². The molecule has 104 valence electrons. The van der Waals surface area contributed by atoms with E-state index in [1.54, 1.807) is 24.4 Å². The molecule has 5 nitrogen and oxygen atoms in total. The molecule has 0 radical (unpaired) electrons. The van der Waals surface area contributed by atoms with Gasteiger partial charge in [-0.1, -0.05) is 18.2 Å². The summed E-state index contributed by atoms with van der Waals surface area (Å²) in [7, 11) is 0. The summed E-state index contributed by atoms with van der Waals surface area (Å²) in [5.74, 6) is 0.741. The molecular formula is C15H18N4O. The van der Waals surface area contributed by atoms with Gasteiger partial charge in [-0.15, -0.1) is 0 Å². The van der Waals surface area contributed by atoms with Gasteiger partial charge in [-0.25, -0.2) is 4.98 Å². The largest absolute Gasteiger partial charge is 0.397 e. The molecule has 5 heteroatoms. The van der Waals surface area contributed by atoms with Crippen LogP contribution in [-0.2, 0) is 0 Å². The quantitative estimate of drug-likeness (QED) is 0.700. The average molecular weight is 270 g/mol. The Morgan fingerprint density at radius 3 is 2.60 bits per heavy atom. The molecule has 0 aliphatic carbocycles. The molecule has 1 aromatic carbocycles. The minimum absolute atomic E-state index is 0.0452. The van der Waals surface area contributed by atoms with Gasteiger partial charge in [0, 0.05) is 18.7 Å². The van der Waals surface area contributed by atoms with E-state index in [9.17, 15) is 4.79 Å². The molecule has 0 saturated heterocycles. The molecule has 0 aliphatic rings. The van der Waals surface area contributed by atoms with Crippen molar-refractivity contribution >= 4 is 17.4 Å². The maximum Gasteiger partial charge on any atom is 0.251 e. The molecule has 0 atom stereocenters. The van der Waals surface area contributed by atoms with Gasteiger partial charge in [0.05, 0.1) is 11.9 Å². The minimum Gasteiger partial charge on any atom is -0.397 e. The number of carbonyl (C=O) groups excluding carboxylic acids is 1. The normalized spacial score (nSPS) is 10.0. The summed E-state index contributed by atoms with van der Waals surface area (Å²) in [5.41, 5.74) is 6.88. The van der Waals surface area contributed by atoms with E-state index >= 15 is 0 Å². The first-order valence-corrected chi connectivity index (χ1v) is 6.54. The first kappa shape index (κ1) is 13.9. The van der Waals surface area contributed by atoms with Crippen molar-refractivity contribution in [2.24, 2.45) is 0 Å². The van der Waals surface area contributed by atoms with E-state index in [0.29, 0.717) is 17.8 Å². The first-order chi connectivity index (χ1) is 9.75. The number of anilines is 2. The lowest BCUT2D eigenvalue weighted by atomic mass is 10.2. The third-order valence-corrected chi connectivity index (χ3v) is 2.77. The van der Waals surface area contributed by atoms with Crippen LogP contribution >= 0.6 is 0 Å². The van der Waals surface area contributed by atoms with E-state index in [0.717, 1.165) is 18.8 Å². The number of nitrogen functional groups attached to an aromatic ring is 1. The number of nitrogens with zero attached hydrogens (tertiary/aromatic N) is 1. The molecule has 0 spiro atoms. The number of hydrogen-bond acceptors (Lipinski definition) is 4. The third kappa shape index (κ3) is 4.28. The zero-order valence-corrected chi connectivity index (χ0v) is 11.2. The molecule has 2 aromatic rings. The number of aromatic nitrogens is 1. The van der Waals surface area contributed by atoms with Crippen LogP contribution < -0.4 is 16.4 Å². The van der Waals surface area contributed by atoms with Crippen molar-refractivity contribution < 1.29 is 4.79 Å². The minimum atomic E-state index is -0.0452. The molecule has 1 heterocycles. The van der Waals surface area contributed by atoms with Gasteiger partial charge >= 0.3 is 0 Å². The van der Waals surface area contributed by atoms with E-state index in [1.165, 1.54) is 0 Å². The summed E-state index contributed by atoms with van der Waals surface area (Å²) in [4.78, 5) is 15.9. The van der Waals surface area contributed by atoms with E-state index in [-0.39, 0.29) is 5.91 Å². The fourth-order valence-electron chi connectivity index (χ4n) is 1.71. The van der Waals surface area contributed by atoms with E-state index in [4.69, 9.17) is 5.73 Å². The van der Waals surface area contributed by atoms with Gasteiger partial charge in [-0.3, -0.25) is 4.79 Å².